The van der Waals surface area contributed by atoms with Crippen LogP contribution in [0.25, 0.3) is 10.8 Å². The first-order chi connectivity index (χ1) is 27.3. The maximum absolute atomic E-state index is 14.0. The van der Waals surface area contributed by atoms with Crippen molar-refractivity contribution in [3.63, 3.8) is 0 Å². The van der Waals surface area contributed by atoms with Crippen molar-refractivity contribution in [1.82, 2.24) is 29.9 Å². The monoisotopic (exact) mass is 908 g/mol. The summed E-state index contributed by atoms with van der Waals surface area (Å²) in [6.45, 7) is 0. The molecule has 0 radical (unpaired) electrons. The molecule has 4 amide bonds. The molecule has 6 N–H and O–H groups in total. The molecule has 0 unspecified atom stereocenters. The van der Waals surface area contributed by atoms with Crippen LogP contribution in [-0.4, -0.2) is 79.5 Å². The topological polar surface area (TPSA) is 351 Å². The van der Waals surface area contributed by atoms with E-state index in [9.17, 15) is 45.1 Å². The number of hydrogen-bond donors (Lipinski definition) is 6. The largest absolute Gasteiger partial charge is 1.00 e. The number of H-pyrrole nitrogens is 4. The van der Waals surface area contributed by atoms with Gasteiger partial charge in [-0.25, -0.2) is 36.6 Å². The molecule has 292 valence electrons. The second kappa shape index (κ2) is 16.1. The molecular weight excluding hydrogens is 893 g/mol. The van der Waals surface area contributed by atoms with E-state index in [1.807, 2.05) is 0 Å². The van der Waals surface area contributed by atoms with Gasteiger partial charge in [-0.05, 0) is 83.9 Å². The molecule has 0 fully saturated rings. The summed E-state index contributed by atoms with van der Waals surface area (Å²) in [5.41, 5.74) is -3.79. The number of aromatic amines is 4. The van der Waals surface area contributed by atoms with Crippen LogP contribution in [0, 0.1) is 10.8 Å². The average Bonchev–Trinajstić information content (AvgIpc) is 3.12. The summed E-state index contributed by atoms with van der Waals surface area (Å²) in [5.74, 6) is -4.07. The van der Waals surface area contributed by atoms with Crippen LogP contribution in [0.2, 0.25) is 10.6 Å². The second-order valence-electron chi connectivity index (χ2n) is 12.1. The van der Waals surface area contributed by atoms with E-state index in [2.05, 4.69) is 39.9 Å². The van der Waals surface area contributed by atoms with Gasteiger partial charge in [0.1, 0.15) is 20.2 Å². The fourth-order valence-corrected chi connectivity index (χ4v) is 7.97. The summed E-state index contributed by atoms with van der Waals surface area (Å²) in [7, 11) is -10.6. The molecule has 2 aromatic heterocycles. The number of nitrogens with one attached hydrogen (secondary N) is 6. The maximum Gasteiger partial charge on any atom is 1.00 e. The third-order valence-corrected chi connectivity index (χ3v) is 10.7. The Hall–Kier alpha value is -4.96. The predicted octanol–water partition coefficient (Wildman–Crippen LogP) is -4.91. The van der Waals surface area contributed by atoms with Crippen molar-refractivity contribution in [1.29, 1.82) is 10.8 Å². The zero-order valence-corrected chi connectivity index (χ0v) is 37.3. The molecule has 0 saturated heterocycles. The van der Waals surface area contributed by atoms with Crippen LogP contribution in [0.4, 0.5) is 22.7 Å². The van der Waals surface area contributed by atoms with Crippen molar-refractivity contribution in [3.8, 4) is 0 Å². The quantitative estimate of drug-likeness (QED) is 0.0521. The first-order valence-corrected chi connectivity index (χ1v) is 19.4. The maximum atomic E-state index is 14.0. The van der Waals surface area contributed by atoms with Crippen LogP contribution in [0.1, 0.15) is 41.4 Å². The summed E-state index contributed by atoms with van der Waals surface area (Å²) in [6.07, 6.45) is 0. The Morgan fingerprint density at radius 1 is 0.550 bits per heavy atom. The van der Waals surface area contributed by atoms with Crippen molar-refractivity contribution < 1.29 is 104 Å². The molecule has 22 nitrogen and oxygen atoms in total. The summed E-state index contributed by atoms with van der Waals surface area (Å²) >= 11 is 11.6. The van der Waals surface area contributed by atoms with Gasteiger partial charge in [0.15, 0.2) is 0 Å². The van der Waals surface area contributed by atoms with Crippen LogP contribution in [0.5, 0.6) is 0 Å². The fourth-order valence-electron chi connectivity index (χ4n) is 6.36. The fraction of sp³-hybridized carbons (Fsp3) is 0. The van der Waals surface area contributed by atoms with E-state index < -0.39 is 76.3 Å². The zero-order valence-electron chi connectivity index (χ0n) is 30.1. The summed E-state index contributed by atoms with van der Waals surface area (Å²) in [4.78, 5) is 80.2. The minimum Gasteiger partial charge on any atom is -0.744 e. The second-order valence-corrected chi connectivity index (χ2v) is 15.5. The standard InChI is InChI=1S/C32H18Cl2N12O10S2.2Na/c33-27-39-29(35)43-31(41-27)37-17-7-1-11(9-19(17)57(51,52)53)45-23(47)13-3-5-15-22-16(6-4-14(21(13)22)24(45)48)26(50)46(25(15)49)12-2-8-18(20(10-12)58(54,55)56)38-32-42-28(34)40-30(36)44-32;;/h1-10H,(H,51,52,53)(H,54,55,56)(H3,35,37,39,41,43)(H3,36,38,40,42,44);;/q;2*+1/p-2. The van der Waals surface area contributed by atoms with Crippen LogP contribution in [0.15, 0.2) is 80.4 Å². The van der Waals surface area contributed by atoms with Gasteiger partial charge in [-0.2, -0.15) is 9.97 Å². The van der Waals surface area contributed by atoms with E-state index in [-0.39, 0.29) is 125 Å². The number of rotatable bonds is 6. The molecule has 2 aliphatic rings. The molecule has 4 heterocycles. The van der Waals surface area contributed by atoms with Gasteiger partial charge in [-0.3, -0.25) is 40.0 Å². The van der Waals surface area contributed by atoms with Crippen molar-refractivity contribution in [2.75, 3.05) is 9.80 Å². The van der Waals surface area contributed by atoms with Crippen LogP contribution < -0.4 is 91.4 Å². The molecule has 2 aliphatic heterocycles. The van der Waals surface area contributed by atoms with Crippen molar-refractivity contribution in [2.45, 2.75) is 9.79 Å². The normalized spacial score (nSPS) is 14.4. The van der Waals surface area contributed by atoms with Crippen molar-refractivity contribution >= 4 is 101 Å². The predicted molar refractivity (Wildman–Crippen MR) is 193 cm³/mol. The molecule has 0 saturated carbocycles. The van der Waals surface area contributed by atoms with E-state index in [0.29, 0.717) is 9.80 Å². The zero-order chi connectivity index (χ0) is 41.6. The molecule has 6 aromatic rings. The molecule has 8 rings (SSSR count). The van der Waals surface area contributed by atoms with Crippen LogP contribution in [-0.2, 0) is 20.2 Å². The third-order valence-electron chi connectivity index (χ3n) is 8.64. The number of carbonyl (C=O) groups is 4. The van der Waals surface area contributed by atoms with Gasteiger partial charge in [-0.15, -0.1) is 0 Å². The Morgan fingerprint density at radius 3 is 1.15 bits per heavy atom. The molecule has 60 heavy (non-hydrogen) atoms. The molecule has 28 heteroatoms. The Kier molecular flexibility index (Phi) is 12.0. The molecule has 4 aromatic carbocycles. The van der Waals surface area contributed by atoms with Gasteiger partial charge in [0.2, 0.25) is 33.0 Å². The molecule has 0 bridgehead atoms. The minimum atomic E-state index is -5.32. The SMILES string of the molecule is N=c1nc(Cl)[nH]c(=Nc2ccc(N3C(=O)c4ccc5c6c(ccc(c46)C3=O)C(=O)N(c3ccc(N=c4[nH]c(Cl)nc(=N)[nH]4)c(S(=O)(=O)[O-])c3)C5=O)cc2S(=O)(=O)[O-])[nH]1.[Na+].[Na+]. The summed E-state index contributed by atoms with van der Waals surface area (Å²) < 4.78 is 74.3. The number of carbonyl (C=O) groups excluding carboxylic acids is 4. The summed E-state index contributed by atoms with van der Waals surface area (Å²) in [6, 6.07) is 10.6. The van der Waals surface area contributed by atoms with Gasteiger partial charge in [0.25, 0.3) is 23.6 Å². The number of hydrogen-bond acceptors (Lipinski definition) is 16. The number of amides is 4. The molecular formula is C32H16Cl2N12Na2O10S2. The van der Waals surface area contributed by atoms with Crippen LogP contribution in [0.3, 0.4) is 0 Å². The Bertz CT molecular complexity index is 3150. The molecule has 0 spiro atoms. The average molecular weight is 910 g/mol. The van der Waals surface area contributed by atoms with Gasteiger partial charge in [-0.1, -0.05) is 0 Å². The Balaban J connectivity index is 0.00000302. The Morgan fingerprint density at radius 2 is 0.867 bits per heavy atom. The van der Waals surface area contributed by atoms with E-state index in [4.69, 9.17) is 34.0 Å². The van der Waals surface area contributed by atoms with Gasteiger partial charge in [0, 0.05) is 33.0 Å². The van der Waals surface area contributed by atoms with Crippen molar-refractivity contribution in [3.05, 3.63) is 116 Å². The number of benzene rings is 4. The third kappa shape index (κ3) is 7.88. The van der Waals surface area contributed by atoms with E-state index in [0.717, 1.165) is 36.4 Å². The Labute approximate surface area is 387 Å². The van der Waals surface area contributed by atoms with Gasteiger partial charge in [0.05, 0.1) is 32.5 Å². The van der Waals surface area contributed by atoms with E-state index in [1.165, 1.54) is 24.3 Å². The first kappa shape index (κ1) is 44.6. The van der Waals surface area contributed by atoms with Crippen molar-refractivity contribution in [2.24, 2.45) is 9.98 Å². The summed E-state index contributed by atoms with van der Waals surface area (Å²) in [5, 5.41) is 14.5. The van der Waals surface area contributed by atoms with E-state index >= 15 is 0 Å². The number of nitrogens with zero attached hydrogens (tertiary/aromatic N) is 6. The van der Waals surface area contributed by atoms with Gasteiger partial charge >= 0.3 is 59.1 Å². The smallest absolute Gasteiger partial charge is 0.744 e. The number of halogens is 2. The van der Waals surface area contributed by atoms with Gasteiger partial charge < -0.3 is 19.1 Å². The number of imide groups is 2. The van der Waals surface area contributed by atoms with Crippen LogP contribution >= 0.6 is 23.2 Å². The van der Waals surface area contributed by atoms with E-state index in [1.54, 1.807) is 0 Å². The minimum absolute atomic E-state index is 0. The molecule has 0 atom stereocenters. The molecule has 0 aliphatic carbocycles. The number of aromatic nitrogens is 6. The first-order valence-electron chi connectivity index (χ1n) is 15.8. The number of anilines is 2.